The summed E-state index contributed by atoms with van der Waals surface area (Å²) in [6, 6.07) is 20.7. The van der Waals surface area contributed by atoms with Crippen molar-refractivity contribution in [2.45, 2.75) is 17.3 Å². The summed E-state index contributed by atoms with van der Waals surface area (Å²) in [5.41, 5.74) is 2.58. The van der Waals surface area contributed by atoms with Crippen LogP contribution in [0.5, 0.6) is 0 Å². The van der Waals surface area contributed by atoms with E-state index >= 15 is 0 Å². The summed E-state index contributed by atoms with van der Waals surface area (Å²) in [4.78, 5) is 0. The van der Waals surface area contributed by atoms with Crippen molar-refractivity contribution in [2.75, 3.05) is 19.6 Å². The van der Waals surface area contributed by atoms with Gasteiger partial charge in [0.1, 0.15) is 0 Å². The van der Waals surface area contributed by atoms with Crippen LogP contribution in [-0.2, 0) is 12.8 Å². The predicted molar refractivity (Wildman–Crippen MR) is 95.6 cm³/mol. The maximum absolute atomic E-state index is 6.28. The summed E-state index contributed by atoms with van der Waals surface area (Å²) in [5, 5.41) is 6.47. The molecule has 0 saturated heterocycles. The van der Waals surface area contributed by atoms with Gasteiger partial charge in [0.15, 0.2) is 4.46 Å². The Kier molecular flexibility index (Phi) is 7.20. The van der Waals surface area contributed by atoms with E-state index in [1.54, 1.807) is 0 Å². The molecule has 0 aliphatic heterocycles. The summed E-state index contributed by atoms with van der Waals surface area (Å²) in [6.07, 6.45) is 1.88. The van der Waals surface area contributed by atoms with E-state index in [1.165, 1.54) is 11.1 Å². The Labute approximate surface area is 142 Å². The number of alkyl halides is 2. The Morgan fingerprint density at radius 2 is 1.23 bits per heavy atom. The van der Waals surface area contributed by atoms with E-state index in [9.17, 15) is 0 Å². The highest BCUT2D eigenvalue weighted by Crippen LogP contribution is 2.15. The molecule has 0 saturated carbocycles. The third kappa shape index (κ3) is 6.80. The molecule has 2 aromatic carbocycles. The van der Waals surface area contributed by atoms with Crippen LogP contribution in [0.3, 0.4) is 0 Å². The fraction of sp³-hybridized carbons (Fsp3) is 0.333. The molecule has 2 aromatic rings. The summed E-state index contributed by atoms with van der Waals surface area (Å²) in [6.45, 7) is 2.11. The van der Waals surface area contributed by atoms with Crippen molar-refractivity contribution in [3.05, 3.63) is 71.8 Å². The summed E-state index contributed by atoms with van der Waals surface area (Å²) in [7, 11) is 0. The summed E-state index contributed by atoms with van der Waals surface area (Å²) >= 11 is 12.6. The fourth-order valence-electron chi connectivity index (χ4n) is 2.22. The Bertz CT molecular complexity index is 529. The molecule has 0 amide bonds. The molecule has 0 aromatic heterocycles. The largest absolute Gasteiger partial charge is 0.312 e. The highest BCUT2D eigenvalue weighted by Gasteiger charge is 2.21. The van der Waals surface area contributed by atoms with E-state index in [4.69, 9.17) is 23.2 Å². The van der Waals surface area contributed by atoms with Crippen LogP contribution in [0, 0.1) is 0 Å². The zero-order valence-corrected chi connectivity index (χ0v) is 14.1. The van der Waals surface area contributed by atoms with E-state index in [0.717, 1.165) is 25.9 Å². The molecule has 2 N–H and O–H groups in total. The van der Waals surface area contributed by atoms with Crippen molar-refractivity contribution in [1.29, 1.82) is 0 Å². The van der Waals surface area contributed by atoms with Crippen LogP contribution in [0.2, 0.25) is 0 Å². The fourth-order valence-corrected chi connectivity index (χ4v) is 2.60. The highest BCUT2D eigenvalue weighted by molar-refractivity contribution is 6.48. The van der Waals surface area contributed by atoms with E-state index in [0.29, 0.717) is 6.54 Å². The Balaban J connectivity index is 1.61. The van der Waals surface area contributed by atoms with Crippen molar-refractivity contribution in [3.63, 3.8) is 0 Å². The number of rotatable bonds is 9. The Morgan fingerprint density at radius 1 is 0.727 bits per heavy atom. The SMILES string of the molecule is ClC(Cl)(CNCCc1ccccc1)NCCc1ccccc1. The van der Waals surface area contributed by atoms with Gasteiger partial charge in [0, 0.05) is 13.1 Å². The molecular weight excluding hydrogens is 315 g/mol. The molecule has 2 nitrogen and oxygen atoms in total. The number of halogens is 2. The van der Waals surface area contributed by atoms with Crippen LogP contribution >= 0.6 is 23.2 Å². The van der Waals surface area contributed by atoms with E-state index < -0.39 is 4.46 Å². The molecule has 118 valence electrons. The van der Waals surface area contributed by atoms with E-state index in [2.05, 4.69) is 34.9 Å². The van der Waals surface area contributed by atoms with Gasteiger partial charge < -0.3 is 5.32 Å². The van der Waals surface area contributed by atoms with Crippen molar-refractivity contribution >= 4 is 23.2 Å². The molecule has 0 heterocycles. The van der Waals surface area contributed by atoms with Crippen LogP contribution < -0.4 is 10.6 Å². The first-order valence-corrected chi connectivity index (χ1v) is 8.33. The number of hydrogen-bond acceptors (Lipinski definition) is 2. The lowest BCUT2D eigenvalue weighted by atomic mass is 10.1. The van der Waals surface area contributed by atoms with Gasteiger partial charge in [-0.05, 0) is 30.5 Å². The molecule has 0 aliphatic carbocycles. The topological polar surface area (TPSA) is 24.1 Å². The number of hydrogen-bond donors (Lipinski definition) is 2. The second kappa shape index (κ2) is 9.16. The lowest BCUT2D eigenvalue weighted by Crippen LogP contribution is -2.44. The molecule has 0 aliphatic rings. The first-order chi connectivity index (χ1) is 10.7. The maximum atomic E-state index is 6.28. The minimum atomic E-state index is -0.939. The van der Waals surface area contributed by atoms with Gasteiger partial charge in [-0.1, -0.05) is 83.9 Å². The Hall–Kier alpha value is -1.06. The lowest BCUT2D eigenvalue weighted by molar-refractivity contribution is 0.536. The molecule has 4 heteroatoms. The number of nitrogens with one attached hydrogen (secondary N) is 2. The van der Waals surface area contributed by atoms with Crippen molar-refractivity contribution < 1.29 is 0 Å². The molecule has 0 unspecified atom stereocenters. The second-order valence-electron chi connectivity index (χ2n) is 5.28. The smallest absolute Gasteiger partial charge is 0.181 e. The van der Waals surface area contributed by atoms with Gasteiger partial charge in [-0.3, -0.25) is 5.32 Å². The van der Waals surface area contributed by atoms with Gasteiger partial charge in [-0.15, -0.1) is 0 Å². The number of benzene rings is 2. The molecule has 0 fully saturated rings. The van der Waals surface area contributed by atoms with Crippen LogP contribution in [0.15, 0.2) is 60.7 Å². The van der Waals surface area contributed by atoms with Gasteiger partial charge in [-0.2, -0.15) is 0 Å². The minimum absolute atomic E-state index is 0.512. The quantitative estimate of drug-likeness (QED) is 0.413. The molecular formula is C18H22Cl2N2. The zero-order valence-electron chi connectivity index (χ0n) is 12.6. The standard InChI is InChI=1S/C18H22Cl2N2/c19-18(20,22-14-12-17-9-5-2-6-10-17)15-21-13-11-16-7-3-1-4-8-16/h1-10,21-22H,11-15H2. The predicted octanol–water partition coefficient (Wildman–Crippen LogP) is 3.78. The van der Waals surface area contributed by atoms with E-state index in [-0.39, 0.29) is 0 Å². The molecule has 0 bridgehead atoms. The van der Waals surface area contributed by atoms with Crippen LogP contribution in [0.1, 0.15) is 11.1 Å². The van der Waals surface area contributed by atoms with Crippen LogP contribution in [0.4, 0.5) is 0 Å². The minimum Gasteiger partial charge on any atom is -0.312 e. The molecule has 0 atom stereocenters. The second-order valence-corrected chi connectivity index (χ2v) is 6.76. The first-order valence-electron chi connectivity index (χ1n) is 7.57. The maximum Gasteiger partial charge on any atom is 0.181 e. The van der Waals surface area contributed by atoms with Crippen molar-refractivity contribution in [1.82, 2.24) is 10.6 Å². The van der Waals surface area contributed by atoms with Crippen molar-refractivity contribution in [2.24, 2.45) is 0 Å². The summed E-state index contributed by atoms with van der Waals surface area (Å²) < 4.78 is -0.939. The molecule has 0 radical (unpaired) electrons. The average Bonchev–Trinajstić information content (AvgIpc) is 2.53. The van der Waals surface area contributed by atoms with Gasteiger partial charge >= 0.3 is 0 Å². The monoisotopic (exact) mass is 336 g/mol. The lowest BCUT2D eigenvalue weighted by Gasteiger charge is -2.22. The molecule has 2 rings (SSSR count). The average molecular weight is 337 g/mol. The third-order valence-electron chi connectivity index (χ3n) is 3.42. The first kappa shape index (κ1) is 17.3. The summed E-state index contributed by atoms with van der Waals surface area (Å²) in [5.74, 6) is 0. The van der Waals surface area contributed by atoms with Crippen LogP contribution in [0.25, 0.3) is 0 Å². The third-order valence-corrected chi connectivity index (χ3v) is 3.95. The molecule has 22 heavy (non-hydrogen) atoms. The van der Waals surface area contributed by atoms with Crippen LogP contribution in [-0.4, -0.2) is 24.1 Å². The zero-order chi connectivity index (χ0) is 15.7. The van der Waals surface area contributed by atoms with Gasteiger partial charge in [0.25, 0.3) is 0 Å². The van der Waals surface area contributed by atoms with Gasteiger partial charge in [-0.25, -0.2) is 0 Å². The van der Waals surface area contributed by atoms with E-state index in [1.807, 2.05) is 36.4 Å². The van der Waals surface area contributed by atoms with Crippen molar-refractivity contribution in [3.8, 4) is 0 Å². The van der Waals surface area contributed by atoms with Gasteiger partial charge in [0.2, 0.25) is 0 Å². The van der Waals surface area contributed by atoms with Gasteiger partial charge in [0.05, 0.1) is 0 Å². The highest BCUT2D eigenvalue weighted by atomic mass is 35.5. The normalized spacial score (nSPS) is 11.5. The molecule has 0 spiro atoms. The Morgan fingerprint density at radius 3 is 1.77 bits per heavy atom.